The van der Waals surface area contributed by atoms with Gasteiger partial charge in [-0.3, -0.25) is 0 Å². The lowest BCUT2D eigenvalue weighted by Gasteiger charge is -2.11. The van der Waals surface area contributed by atoms with Crippen molar-refractivity contribution in [1.82, 2.24) is 0 Å². The molecule has 0 aliphatic rings. The quantitative estimate of drug-likeness (QED) is 0.437. The summed E-state index contributed by atoms with van der Waals surface area (Å²) < 4.78 is 88.7. The molecule has 0 aliphatic heterocycles. The fourth-order valence-corrected chi connectivity index (χ4v) is 1.12. The number of aliphatic hydroxyl groups is 1. The molecule has 1 nitrogen and oxygen atoms in total. The molecule has 98 valence electrons. The van der Waals surface area contributed by atoms with E-state index in [2.05, 4.69) is 0 Å². The molecule has 0 bridgehead atoms. The third-order valence-electron chi connectivity index (χ3n) is 1.84. The number of hydrogen-bond acceptors (Lipinski definition) is 1. The van der Waals surface area contributed by atoms with Gasteiger partial charge in [-0.05, 0) is 0 Å². The summed E-state index contributed by atoms with van der Waals surface area (Å²) in [7, 11) is 0. The van der Waals surface area contributed by atoms with Gasteiger partial charge >= 0.3 is 6.18 Å². The van der Waals surface area contributed by atoms with Gasteiger partial charge in [-0.15, -0.1) is 0 Å². The van der Waals surface area contributed by atoms with Gasteiger partial charge in [0, 0.05) is 0 Å². The Morgan fingerprint density at radius 1 is 0.889 bits per heavy atom. The molecule has 1 aromatic carbocycles. The molecular formula is C10H3F7O. The van der Waals surface area contributed by atoms with Crippen LogP contribution in [0.4, 0.5) is 30.7 Å². The van der Waals surface area contributed by atoms with Gasteiger partial charge < -0.3 is 5.11 Å². The number of benzene rings is 1. The van der Waals surface area contributed by atoms with Crippen LogP contribution >= 0.6 is 0 Å². The van der Waals surface area contributed by atoms with Crippen molar-refractivity contribution in [2.45, 2.75) is 6.18 Å². The van der Waals surface area contributed by atoms with E-state index in [0.717, 1.165) is 0 Å². The van der Waals surface area contributed by atoms with Crippen LogP contribution in [0, 0.1) is 35.1 Å². The highest BCUT2D eigenvalue weighted by Crippen LogP contribution is 2.36. The predicted octanol–water partition coefficient (Wildman–Crippen LogP) is 2.61. The van der Waals surface area contributed by atoms with E-state index in [9.17, 15) is 30.7 Å². The Hall–Kier alpha value is -1.75. The van der Waals surface area contributed by atoms with E-state index in [-0.39, 0.29) is 0 Å². The largest absolute Gasteiger partial charge is 0.422 e. The van der Waals surface area contributed by atoms with Gasteiger partial charge in [-0.2, -0.15) is 13.2 Å². The van der Waals surface area contributed by atoms with Crippen LogP contribution in [0.25, 0.3) is 0 Å². The molecule has 1 rings (SSSR count). The minimum Gasteiger partial charge on any atom is -0.384 e. The fourth-order valence-electron chi connectivity index (χ4n) is 1.12. The second kappa shape index (κ2) is 4.86. The van der Waals surface area contributed by atoms with Crippen molar-refractivity contribution in [1.29, 1.82) is 0 Å². The molecule has 0 amide bonds. The molecule has 0 atom stereocenters. The Labute approximate surface area is 95.8 Å². The predicted molar refractivity (Wildman–Crippen MR) is 45.2 cm³/mol. The Balaban J connectivity index is 3.66. The lowest BCUT2D eigenvalue weighted by atomic mass is 10.1. The summed E-state index contributed by atoms with van der Waals surface area (Å²) in [4.78, 5) is 0. The zero-order valence-corrected chi connectivity index (χ0v) is 8.30. The number of hydrogen-bond donors (Lipinski definition) is 1. The Morgan fingerprint density at radius 3 is 1.67 bits per heavy atom. The van der Waals surface area contributed by atoms with E-state index >= 15 is 0 Å². The lowest BCUT2D eigenvalue weighted by Crippen LogP contribution is -2.16. The van der Waals surface area contributed by atoms with Crippen LogP contribution in [0.15, 0.2) is 0 Å². The van der Waals surface area contributed by atoms with Crippen molar-refractivity contribution >= 4 is 0 Å². The number of rotatable bonds is 0. The number of halogens is 7. The van der Waals surface area contributed by atoms with Crippen LogP contribution in [0.5, 0.6) is 0 Å². The van der Waals surface area contributed by atoms with Crippen LogP contribution in [0.2, 0.25) is 0 Å². The summed E-state index contributed by atoms with van der Waals surface area (Å²) in [6, 6.07) is 0. The van der Waals surface area contributed by atoms with Gasteiger partial charge in [0.1, 0.15) is 17.7 Å². The van der Waals surface area contributed by atoms with Crippen molar-refractivity contribution in [2.75, 3.05) is 6.61 Å². The van der Waals surface area contributed by atoms with Crippen LogP contribution in [0.1, 0.15) is 11.1 Å². The zero-order valence-electron chi connectivity index (χ0n) is 8.30. The van der Waals surface area contributed by atoms with Gasteiger partial charge in [0.05, 0.1) is 0 Å². The standard InChI is InChI=1S/C10H3F7O/c11-6-4(2-1-3-18)7(12)9(14)5(8(6)13)10(15,16)17/h18H,3H2. The van der Waals surface area contributed by atoms with Crippen molar-refractivity contribution < 1.29 is 35.8 Å². The molecular weight excluding hydrogens is 269 g/mol. The maximum atomic E-state index is 13.1. The Morgan fingerprint density at radius 2 is 1.33 bits per heavy atom. The van der Waals surface area contributed by atoms with Crippen molar-refractivity contribution in [2.24, 2.45) is 0 Å². The molecule has 0 aliphatic carbocycles. The molecule has 0 fully saturated rings. The SMILES string of the molecule is OCC#Cc1c(F)c(F)c(C(F)(F)F)c(F)c1F. The minimum absolute atomic E-state index is 0.886. The molecule has 0 saturated carbocycles. The summed E-state index contributed by atoms with van der Waals surface area (Å²) in [5.41, 5.74) is -4.17. The molecule has 1 N–H and O–H groups in total. The third-order valence-corrected chi connectivity index (χ3v) is 1.84. The molecule has 0 spiro atoms. The zero-order chi connectivity index (χ0) is 14.1. The minimum atomic E-state index is -5.58. The smallest absolute Gasteiger partial charge is 0.384 e. The molecule has 0 heterocycles. The highest BCUT2D eigenvalue weighted by Gasteiger charge is 2.42. The van der Waals surface area contributed by atoms with Gasteiger partial charge in [0.2, 0.25) is 0 Å². The van der Waals surface area contributed by atoms with E-state index in [1.165, 1.54) is 5.92 Å². The van der Waals surface area contributed by atoms with E-state index in [1.54, 1.807) is 5.92 Å². The first-order valence-corrected chi connectivity index (χ1v) is 4.24. The van der Waals surface area contributed by atoms with Crippen LogP contribution in [-0.2, 0) is 6.18 Å². The van der Waals surface area contributed by atoms with Crippen molar-refractivity contribution in [3.05, 3.63) is 34.4 Å². The molecule has 0 saturated heterocycles. The van der Waals surface area contributed by atoms with Crippen molar-refractivity contribution in [3.63, 3.8) is 0 Å². The fraction of sp³-hybridized carbons (Fsp3) is 0.200. The molecule has 0 aromatic heterocycles. The number of aliphatic hydroxyl groups excluding tert-OH is 1. The first kappa shape index (κ1) is 14.3. The molecule has 18 heavy (non-hydrogen) atoms. The monoisotopic (exact) mass is 272 g/mol. The normalized spacial score (nSPS) is 11.1. The molecule has 0 radical (unpaired) electrons. The maximum absolute atomic E-state index is 13.1. The Kier molecular flexibility index (Phi) is 3.86. The lowest BCUT2D eigenvalue weighted by molar-refractivity contribution is -0.143. The average Bonchev–Trinajstić information content (AvgIpc) is 2.25. The Bertz CT molecular complexity index is 507. The summed E-state index contributed by atoms with van der Waals surface area (Å²) in [6.45, 7) is -0.886. The second-order valence-electron chi connectivity index (χ2n) is 2.96. The van der Waals surface area contributed by atoms with Crippen molar-refractivity contribution in [3.8, 4) is 11.8 Å². The molecule has 1 aromatic rings. The van der Waals surface area contributed by atoms with Crippen LogP contribution < -0.4 is 0 Å². The van der Waals surface area contributed by atoms with Gasteiger partial charge in [-0.25, -0.2) is 17.6 Å². The summed E-state index contributed by atoms with van der Waals surface area (Å²) >= 11 is 0. The second-order valence-corrected chi connectivity index (χ2v) is 2.96. The van der Waals surface area contributed by atoms with E-state index in [4.69, 9.17) is 5.11 Å². The van der Waals surface area contributed by atoms with Crippen LogP contribution in [-0.4, -0.2) is 11.7 Å². The van der Waals surface area contributed by atoms with E-state index < -0.39 is 47.2 Å². The molecule has 0 unspecified atom stereocenters. The molecule has 8 heteroatoms. The topological polar surface area (TPSA) is 20.2 Å². The third kappa shape index (κ3) is 2.41. The first-order valence-electron chi connectivity index (χ1n) is 4.24. The average molecular weight is 272 g/mol. The van der Waals surface area contributed by atoms with E-state index in [0.29, 0.717) is 0 Å². The summed E-state index contributed by atoms with van der Waals surface area (Å²) in [5.74, 6) is -6.52. The van der Waals surface area contributed by atoms with Crippen LogP contribution in [0.3, 0.4) is 0 Å². The van der Waals surface area contributed by atoms with Gasteiger partial charge in [0.25, 0.3) is 0 Å². The number of alkyl halides is 3. The maximum Gasteiger partial charge on any atom is 0.422 e. The highest BCUT2D eigenvalue weighted by atomic mass is 19.4. The first-order chi connectivity index (χ1) is 8.21. The van der Waals surface area contributed by atoms with E-state index in [1.807, 2.05) is 0 Å². The summed E-state index contributed by atoms with van der Waals surface area (Å²) in [5, 5.41) is 8.25. The highest BCUT2D eigenvalue weighted by molar-refractivity contribution is 5.41. The summed E-state index contributed by atoms with van der Waals surface area (Å²) in [6.07, 6.45) is -5.58. The van der Waals surface area contributed by atoms with Gasteiger partial charge in [-0.1, -0.05) is 11.8 Å². The van der Waals surface area contributed by atoms with Gasteiger partial charge in [0.15, 0.2) is 23.3 Å².